The van der Waals surface area contributed by atoms with Crippen molar-refractivity contribution < 1.29 is 0 Å². The average Bonchev–Trinajstić information content (AvgIpc) is 2.41. The highest BCUT2D eigenvalue weighted by molar-refractivity contribution is 5.41. The number of nitrogens with zero attached hydrogens (tertiary/aromatic N) is 1. The topological polar surface area (TPSA) is 50.9 Å². The molecule has 1 aromatic heterocycles. The second kappa shape index (κ2) is 4.97. The number of hydrogen-bond donors (Lipinski definition) is 2. The fourth-order valence-corrected chi connectivity index (χ4v) is 1.77. The van der Waals surface area contributed by atoms with Gasteiger partial charge >= 0.3 is 0 Å². The highest BCUT2D eigenvalue weighted by atomic mass is 15.1. The molecule has 1 aromatic carbocycles. The van der Waals surface area contributed by atoms with E-state index in [9.17, 15) is 0 Å². The normalized spacial score (nSPS) is 14.0. The SMILES string of the molecule is CC(CN)(Nc1ccccn1)c1ccccc1. The number of anilines is 1. The summed E-state index contributed by atoms with van der Waals surface area (Å²) in [6.07, 6.45) is 1.77. The van der Waals surface area contributed by atoms with Crippen LogP contribution in [0.3, 0.4) is 0 Å². The molecule has 88 valence electrons. The van der Waals surface area contributed by atoms with Crippen molar-refractivity contribution in [3.05, 3.63) is 60.3 Å². The Morgan fingerprint density at radius 2 is 1.82 bits per heavy atom. The van der Waals surface area contributed by atoms with Gasteiger partial charge in [0.1, 0.15) is 5.82 Å². The van der Waals surface area contributed by atoms with Gasteiger partial charge in [0, 0.05) is 12.7 Å². The molecule has 0 radical (unpaired) electrons. The van der Waals surface area contributed by atoms with Gasteiger partial charge in [0.05, 0.1) is 5.54 Å². The van der Waals surface area contributed by atoms with E-state index < -0.39 is 0 Å². The highest BCUT2D eigenvalue weighted by Crippen LogP contribution is 2.23. The number of benzene rings is 1. The lowest BCUT2D eigenvalue weighted by Gasteiger charge is -2.30. The molecule has 0 aliphatic rings. The first-order chi connectivity index (χ1) is 8.24. The van der Waals surface area contributed by atoms with Crippen LogP contribution < -0.4 is 11.1 Å². The summed E-state index contributed by atoms with van der Waals surface area (Å²) in [6, 6.07) is 16.0. The molecule has 0 bridgehead atoms. The minimum absolute atomic E-state index is 0.296. The predicted molar refractivity (Wildman–Crippen MR) is 70.7 cm³/mol. The maximum absolute atomic E-state index is 5.90. The standard InChI is InChI=1S/C14H17N3/c1-14(11-15,12-7-3-2-4-8-12)17-13-9-5-6-10-16-13/h2-10H,11,15H2,1H3,(H,16,17). The van der Waals surface area contributed by atoms with Gasteiger partial charge in [0.25, 0.3) is 0 Å². The van der Waals surface area contributed by atoms with E-state index >= 15 is 0 Å². The summed E-state index contributed by atoms with van der Waals surface area (Å²) in [6.45, 7) is 2.59. The molecule has 0 fully saturated rings. The van der Waals surface area contributed by atoms with Gasteiger partial charge in [-0.3, -0.25) is 0 Å². The third-order valence-electron chi connectivity index (χ3n) is 2.89. The first-order valence-electron chi connectivity index (χ1n) is 5.69. The molecular weight excluding hydrogens is 210 g/mol. The zero-order valence-corrected chi connectivity index (χ0v) is 9.93. The van der Waals surface area contributed by atoms with Gasteiger partial charge in [-0.15, -0.1) is 0 Å². The highest BCUT2D eigenvalue weighted by Gasteiger charge is 2.24. The van der Waals surface area contributed by atoms with E-state index in [1.807, 2.05) is 36.4 Å². The predicted octanol–water partition coefficient (Wildman–Crippen LogP) is 2.37. The molecule has 2 aromatic rings. The van der Waals surface area contributed by atoms with Crippen LogP contribution in [0.5, 0.6) is 0 Å². The molecule has 0 aliphatic heterocycles. The van der Waals surface area contributed by atoms with Crippen molar-refractivity contribution in [1.82, 2.24) is 4.98 Å². The summed E-state index contributed by atoms with van der Waals surface area (Å²) in [7, 11) is 0. The van der Waals surface area contributed by atoms with Crippen LogP contribution in [0.25, 0.3) is 0 Å². The van der Waals surface area contributed by atoms with Crippen LogP contribution in [-0.2, 0) is 5.54 Å². The van der Waals surface area contributed by atoms with Gasteiger partial charge in [-0.2, -0.15) is 0 Å². The number of nitrogens with two attached hydrogens (primary N) is 1. The third kappa shape index (κ3) is 2.63. The second-order valence-electron chi connectivity index (χ2n) is 4.24. The van der Waals surface area contributed by atoms with Crippen molar-refractivity contribution in [2.75, 3.05) is 11.9 Å². The van der Waals surface area contributed by atoms with Crippen LogP contribution in [0.15, 0.2) is 54.7 Å². The van der Waals surface area contributed by atoms with Gasteiger partial charge in [-0.1, -0.05) is 36.4 Å². The molecule has 3 nitrogen and oxygen atoms in total. The smallest absolute Gasteiger partial charge is 0.126 e. The Balaban J connectivity index is 2.27. The first-order valence-corrected chi connectivity index (χ1v) is 5.69. The Labute approximate surface area is 102 Å². The quantitative estimate of drug-likeness (QED) is 0.843. The monoisotopic (exact) mass is 227 g/mol. The molecule has 1 atom stereocenters. The Kier molecular flexibility index (Phi) is 3.40. The average molecular weight is 227 g/mol. The third-order valence-corrected chi connectivity index (χ3v) is 2.89. The van der Waals surface area contributed by atoms with E-state index in [1.165, 1.54) is 0 Å². The van der Waals surface area contributed by atoms with Crippen LogP contribution in [0.2, 0.25) is 0 Å². The van der Waals surface area contributed by atoms with Gasteiger partial charge < -0.3 is 11.1 Å². The first kappa shape index (κ1) is 11.6. The number of hydrogen-bond acceptors (Lipinski definition) is 3. The molecule has 17 heavy (non-hydrogen) atoms. The van der Waals surface area contributed by atoms with Crippen molar-refractivity contribution in [3.63, 3.8) is 0 Å². The molecule has 0 saturated heterocycles. The van der Waals surface area contributed by atoms with E-state index in [1.54, 1.807) is 6.20 Å². The minimum Gasteiger partial charge on any atom is -0.360 e. The molecule has 0 aliphatic carbocycles. The second-order valence-corrected chi connectivity index (χ2v) is 4.24. The van der Waals surface area contributed by atoms with E-state index in [0.717, 1.165) is 11.4 Å². The molecule has 3 N–H and O–H groups in total. The summed E-state index contributed by atoms with van der Waals surface area (Å²) in [4.78, 5) is 4.27. The molecule has 3 heteroatoms. The Morgan fingerprint density at radius 3 is 2.41 bits per heavy atom. The lowest BCUT2D eigenvalue weighted by Crippen LogP contribution is -2.39. The number of rotatable bonds is 4. The van der Waals surface area contributed by atoms with Crippen molar-refractivity contribution in [2.45, 2.75) is 12.5 Å². The Hall–Kier alpha value is -1.87. The van der Waals surface area contributed by atoms with Crippen LogP contribution in [0, 0.1) is 0 Å². The molecule has 1 heterocycles. The maximum Gasteiger partial charge on any atom is 0.126 e. The molecule has 0 spiro atoms. The summed E-state index contributed by atoms with van der Waals surface area (Å²) < 4.78 is 0. The van der Waals surface area contributed by atoms with Gasteiger partial charge in [-0.25, -0.2) is 4.98 Å². The van der Waals surface area contributed by atoms with Gasteiger partial charge in [0.15, 0.2) is 0 Å². The van der Waals surface area contributed by atoms with E-state index in [2.05, 4.69) is 29.4 Å². The summed E-state index contributed by atoms with van der Waals surface area (Å²) >= 11 is 0. The Bertz CT molecular complexity index is 455. The zero-order chi connectivity index (χ0) is 12.1. The van der Waals surface area contributed by atoms with Crippen molar-refractivity contribution in [2.24, 2.45) is 5.73 Å². The summed E-state index contributed by atoms with van der Waals surface area (Å²) in [5, 5.41) is 3.39. The van der Waals surface area contributed by atoms with Crippen molar-refractivity contribution >= 4 is 5.82 Å². The van der Waals surface area contributed by atoms with Crippen LogP contribution in [0.1, 0.15) is 12.5 Å². The summed E-state index contributed by atoms with van der Waals surface area (Å²) in [5.74, 6) is 0.837. The molecule has 1 unspecified atom stereocenters. The largest absolute Gasteiger partial charge is 0.360 e. The molecule has 0 amide bonds. The fraction of sp³-hybridized carbons (Fsp3) is 0.214. The van der Waals surface area contributed by atoms with Crippen LogP contribution in [-0.4, -0.2) is 11.5 Å². The lowest BCUT2D eigenvalue weighted by atomic mass is 9.92. The minimum atomic E-state index is -0.296. The van der Waals surface area contributed by atoms with Crippen LogP contribution in [0.4, 0.5) is 5.82 Å². The lowest BCUT2D eigenvalue weighted by molar-refractivity contribution is 0.554. The van der Waals surface area contributed by atoms with E-state index in [4.69, 9.17) is 5.73 Å². The van der Waals surface area contributed by atoms with E-state index in [-0.39, 0.29) is 5.54 Å². The number of aromatic nitrogens is 1. The van der Waals surface area contributed by atoms with Gasteiger partial charge in [-0.05, 0) is 24.6 Å². The Morgan fingerprint density at radius 1 is 1.12 bits per heavy atom. The zero-order valence-electron chi connectivity index (χ0n) is 9.93. The van der Waals surface area contributed by atoms with Crippen LogP contribution >= 0.6 is 0 Å². The fourth-order valence-electron chi connectivity index (χ4n) is 1.77. The molecular formula is C14H17N3. The molecule has 0 saturated carbocycles. The van der Waals surface area contributed by atoms with Crippen molar-refractivity contribution in [1.29, 1.82) is 0 Å². The molecule has 2 rings (SSSR count). The van der Waals surface area contributed by atoms with Gasteiger partial charge in [0.2, 0.25) is 0 Å². The van der Waals surface area contributed by atoms with E-state index in [0.29, 0.717) is 6.54 Å². The number of pyridine rings is 1. The number of nitrogens with one attached hydrogen (secondary N) is 1. The maximum atomic E-state index is 5.90. The summed E-state index contributed by atoms with van der Waals surface area (Å²) in [5.41, 5.74) is 6.76. The van der Waals surface area contributed by atoms with Crippen molar-refractivity contribution in [3.8, 4) is 0 Å².